The molecule has 2 aromatic heterocycles. The van der Waals surface area contributed by atoms with Crippen molar-refractivity contribution in [2.24, 2.45) is 0 Å². The largest absolute Gasteiger partial charge is 0.293 e. The van der Waals surface area contributed by atoms with Crippen molar-refractivity contribution < 1.29 is 4.79 Å². The fraction of sp³-hybridized carbons (Fsp3) is 0.0952. The number of carbonyl (C=O) groups is 1. The van der Waals surface area contributed by atoms with E-state index in [0.29, 0.717) is 15.7 Å². The van der Waals surface area contributed by atoms with Crippen molar-refractivity contribution in [3.63, 3.8) is 0 Å². The normalized spacial score (nSPS) is 10.9. The van der Waals surface area contributed by atoms with E-state index in [1.165, 1.54) is 17.3 Å². The van der Waals surface area contributed by atoms with E-state index in [1.807, 2.05) is 34.2 Å². The van der Waals surface area contributed by atoms with Crippen LogP contribution in [0.1, 0.15) is 15.9 Å². The fourth-order valence-corrected chi connectivity index (χ4v) is 4.38. The van der Waals surface area contributed by atoms with Gasteiger partial charge in [-0.05, 0) is 54.8 Å². The van der Waals surface area contributed by atoms with Gasteiger partial charge in [0.05, 0.1) is 10.6 Å². The van der Waals surface area contributed by atoms with E-state index in [-0.39, 0.29) is 11.5 Å². The topological polar surface area (TPSA) is 47.8 Å². The Labute approximate surface area is 176 Å². The van der Waals surface area contributed by atoms with Crippen molar-refractivity contribution in [3.05, 3.63) is 82.2 Å². The standard InChI is InChI=1S/C21H16ClN3OS2/c1-14-4-10-17(11-5-14)25-20(19-3-2-12-27-19)23-24-21(25)28-13-18(26)15-6-8-16(22)9-7-15/h2-12H,13H2,1H3. The molecule has 0 atom stereocenters. The number of carbonyl (C=O) groups excluding carboxylic acids is 1. The highest BCUT2D eigenvalue weighted by atomic mass is 35.5. The zero-order valence-corrected chi connectivity index (χ0v) is 17.4. The summed E-state index contributed by atoms with van der Waals surface area (Å²) in [4.78, 5) is 13.6. The zero-order valence-electron chi connectivity index (χ0n) is 15.0. The predicted octanol–water partition coefficient (Wildman–Crippen LogP) is 5.93. The van der Waals surface area contributed by atoms with Gasteiger partial charge in [0.2, 0.25) is 0 Å². The summed E-state index contributed by atoms with van der Waals surface area (Å²) in [6.07, 6.45) is 0. The van der Waals surface area contributed by atoms with E-state index >= 15 is 0 Å². The summed E-state index contributed by atoms with van der Waals surface area (Å²) in [6.45, 7) is 2.05. The molecule has 140 valence electrons. The van der Waals surface area contributed by atoms with Gasteiger partial charge in [0, 0.05) is 16.3 Å². The Morgan fingerprint density at radius 2 is 1.82 bits per heavy atom. The number of thioether (sulfide) groups is 1. The molecule has 0 bridgehead atoms. The van der Waals surface area contributed by atoms with Gasteiger partial charge in [0.15, 0.2) is 16.8 Å². The van der Waals surface area contributed by atoms with Crippen LogP contribution in [0.3, 0.4) is 0 Å². The van der Waals surface area contributed by atoms with Crippen LogP contribution in [-0.4, -0.2) is 26.3 Å². The lowest BCUT2D eigenvalue weighted by atomic mass is 10.1. The molecule has 0 unspecified atom stereocenters. The maximum absolute atomic E-state index is 12.5. The molecule has 0 saturated heterocycles. The van der Waals surface area contributed by atoms with Crippen LogP contribution in [-0.2, 0) is 0 Å². The van der Waals surface area contributed by atoms with Gasteiger partial charge in [-0.1, -0.05) is 47.1 Å². The van der Waals surface area contributed by atoms with E-state index in [1.54, 1.807) is 35.6 Å². The van der Waals surface area contributed by atoms with Crippen molar-refractivity contribution in [3.8, 4) is 16.4 Å². The number of Topliss-reactive ketones (excluding diaryl/α,β-unsaturated/α-hetero) is 1. The first-order chi connectivity index (χ1) is 13.6. The average molecular weight is 426 g/mol. The summed E-state index contributed by atoms with van der Waals surface area (Å²) in [5, 5.41) is 12.1. The van der Waals surface area contributed by atoms with Crippen molar-refractivity contribution >= 4 is 40.5 Å². The first-order valence-electron chi connectivity index (χ1n) is 8.60. The van der Waals surface area contributed by atoms with Gasteiger partial charge in [-0.15, -0.1) is 21.5 Å². The van der Waals surface area contributed by atoms with E-state index in [9.17, 15) is 4.79 Å². The summed E-state index contributed by atoms with van der Waals surface area (Å²) in [6, 6.07) is 19.1. The second-order valence-electron chi connectivity index (χ2n) is 6.17. The molecule has 4 aromatic rings. The van der Waals surface area contributed by atoms with Crippen LogP contribution in [0.25, 0.3) is 16.4 Å². The Kier molecular flexibility index (Phi) is 5.62. The molecule has 0 aliphatic rings. The molecule has 2 aromatic carbocycles. The zero-order chi connectivity index (χ0) is 19.5. The number of hydrogen-bond acceptors (Lipinski definition) is 5. The second-order valence-corrected chi connectivity index (χ2v) is 8.50. The maximum atomic E-state index is 12.5. The number of aryl methyl sites for hydroxylation is 1. The van der Waals surface area contributed by atoms with Crippen molar-refractivity contribution in [2.45, 2.75) is 12.1 Å². The molecule has 7 heteroatoms. The summed E-state index contributed by atoms with van der Waals surface area (Å²) >= 11 is 8.90. The monoisotopic (exact) mass is 425 g/mol. The number of nitrogens with zero attached hydrogens (tertiary/aromatic N) is 3. The highest BCUT2D eigenvalue weighted by Crippen LogP contribution is 2.30. The predicted molar refractivity (Wildman–Crippen MR) is 116 cm³/mol. The molecule has 28 heavy (non-hydrogen) atoms. The third kappa shape index (κ3) is 4.04. The van der Waals surface area contributed by atoms with Gasteiger partial charge in [-0.2, -0.15) is 0 Å². The molecule has 2 heterocycles. The van der Waals surface area contributed by atoms with Gasteiger partial charge in [-0.25, -0.2) is 0 Å². The van der Waals surface area contributed by atoms with Gasteiger partial charge >= 0.3 is 0 Å². The highest BCUT2D eigenvalue weighted by Gasteiger charge is 2.18. The summed E-state index contributed by atoms with van der Waals surface area (Å²) < 4.78 is 2.01. The first-order valence-corrected chi connectivity index (χ1v) is 10.8. The Morgan fingerprint density at radius 3 is 2.50 bits per heavy atom. The van der Waals surface area contributed by atoms with Crippen LogP contribution in [0.5, 0.6) is 0 Å². The number of halogens is 1. The quantitative estimate of drug-likeness (QED) is 0.283. The Balaban J connectivity index is 1.64. The van der Waals surface area contributed by atoms with Crippen molar-refractivity contribution in [2.75, 3.05) is 5.75 Å². The van der Waals surface area contributed by atoms with Crippen molar-refractivity contribution in [1.29, 1.82) is 0 Å². The van der Waals surface area contributed by atoms with E-state index < -0.39 is 0 Å². The molecule has 0 aliphatic heterocycles. The van der Waals surface area contributed by atoms with E-state index in [0.717, 1.165) is 16.4 Å². The third-order valence-electron chi connectivity index (χ3n) is 4.17. The average Bonchev–Trinajstić information content (AvgIpc) is 3.37. The number of aromatic nitrogens is 3. The van der Waals surface area contributed by atoms with Crippen LogP contribution < -0.4 is 0 Å². The van der Waals surface area contributed by atoms with Crippen LogP contribution >= 0.6 is 34.7 Å². The lowest BCUT2D eigenvalue weighted by Gasteiger charge is -2.10. The molecule has 4 nitrogen and oxygen atoms in total. The molecule has 0 spiro atoms. The minimum Gasteiger partial charge on any atom is -0.293 e. The van der Waals surface area contributed by atoms with E-state index in [4.69, 9.17) is 11.6 Å². The molecule has 0 saturated carbocycles. The van der Waals surface area contributed by atoms with Gasteiger partial charge in [-0.3, -0.25) is 9.36 Å². The van der Waals surface area contributed by atoms with Crippen molar-refractivity contribution in [1.82, 2.24) is 14.8 Å². The highest BCUT2D eigenvalue weighted by molar-refractivity contribution is 7.99. The van der Waals surface area contributed by atoms with Crippen LogP contribution in [0, 0.1) is 6.92 Å². The first kappa shape index (κ1) is 18.9. The Hall–Kier alpha value is -2.41. The van der Waals surface area contributed by atoms with Gasteiger partial charge in [0.1, 0.15) is 0 Å². The van der Waals surface area contributed by atoms with E-state index in [2.05, 4.69) is 29.3 Å². The van der Waals surface area contributed by atoms with Crippen LogP contribution in [0.4, 0.5) is 0 Å². The number of benzene rings is 2. The molecule has 0 amide bonds. The Morgan fingerprint density at radius 1 is 1.07 bits per heavy atom. The molecular weight excluding hydrogens is 410 g/mol. The number of rotatable bonds is 6. The van der Waals surface area contributed by atoms with Crippen LogP contribution in [0.2, 0.25) is 5.02 Å². The molecule has 0 N–H and O–H groups in total. The van der Waals surface area contributed by atoms with Crippen LogP contribution in [0.15, 0.2) is 71.2 Å². The minimum atomic E-state index is 0.0257. The summed E-state index contributed by atoms with van der Waals surface area (Å²) in [7, 11) is 0. The second kappa shape index (κ2) is 8.31. The number of hydrogen-bond donors (Lipinski definition) is 0. The SMILES string of the molecule is Cc1ccc(-n2c(SCC(=O)c3ccc(Cl)cc3)nnc2-c2cccs2)cc1. The molecule has 0 fully saturated rings. The third-order valence-corrected chi connectivity index (χ3v) is 6.21. The Bertz CT molecular complexity index is 1090. The lowest BCUT2D eigenvalue weighted by molar-refractivity contribution is 0.102. The van der Waals surface area contributed by atoms with Gasteiger partial charge in [0.25, 0.3) is 0 Å². The lowest BCUT2D eigenvalue weighted by Crippen LogP contribution is -2.04. The fourth-order valence-electron chi connectivity index (χ4n) is 2.70. The van der Waals surface area contributed by atoms with Gasteiger partial charge < -0.3 is 0 Å². The maximum Gasteiger partial charge on any atom is 0.196 e. The number of thiophene rings is 1. The summed E-state index contributed by atoms with van der Waals surface area (Å²) in [5.74, 6) is 1.08. The summed E-state index contributed by atoms with van der Waals surface area (Å²) in [5.41, 5.74) is 2.79. The minimum absolute atomic E-state index is 0.0257. The molecule has 0 aliphatic carbocycles. The smallest absolute Gasteiger partial charge is 0.196 e. The molecular formula is C21H16ClN3OS2. The molecule has 0 radical (unpaired) electrons. The molecule has 4 rings (SSSR count). The number of ketones is 1.